The molecular weight excluding hydrogens is 190 g/mol. The molecule has 0 saturated carbocycles. The number of carbonyl (C=O) groups is 1. The van der Waals surface area contributed by atoms with Crippen LogP contribution in [0.1, 0.15) is 17.5 Å². The number of benzene rings is 1. The van der Waals surface area contributed by atoms with Crippen molar-refractivity contribution < 1.29 is 9.53 Å². The van der Waals surface area contributed by atoms with Crippen LogP contribution in [-0.2, 0) is 17.6 Å². The standard InChI is InChI=1S/C12H15NO2/c1-15-12-4-2-3-9-5-6-10(13-8-14)7-11(9)12/h2-4,8,10H,5-7H2,1H3,(H,13,14). The second kappa shape index (κ2) is 4.34. The molecule has 0 aliphatic heterocycles. The molecule has 1 amide bonds. The third-order valence-electron chi connectivity index (χ3n) is 2.97. The van der Waals surface area contributed by atoms with E-state index in [0.29, 0.717) is 0 Å². The summed E-state index contributed by atoms with van der Waals surface area (Å²) < 4.78 is 5.32. The van der Waals surface area contributed by atoms with Crippen LogP contribution in [0.5, 0.6) is 5.75 Å². The lowest BCUT2D eigenvalue weighted by molar-refractivity contribution is -0.110. The van der Waals surface area contributed by atoms with Gasteiger partial charge in [-0.1, -0.05) is 12.1 Å². The highest BCUT2D eigenvalue weighted by atomic mass is 16.5. The fourth-order valence-electron chi connectivity index (χ4n) is 2.18. The molecule has 0 spiro atoms. The Morgan fingerprint density at radius 3 is 3.13 bits per heavy atom. The van der Waals surface area contributed by atoms with E-state index < -0.39 is 0 Å². The van der Waals surface area contributed by atoms with E-state index in [1.807, 2.05) is 12.1 Å². The van der Waals surface area contributed by atoms with Crippen LogP contribution < -0.4 is 10.1 Å². The zero-order chi connectivity index (χ0) is 10.7. The zero-order valence-corrected chi connectivity index (χ0v) is 8.82. The molecule has 2 rings (SSSR count). The number of methoxy groups -OCH3 is 1. The van der Waals surface area contributed by atoms with Gasteiger partial charge in [0, 0.05) is 6.04 Å². The molecule has 1 N–H and O–H groups in total. The first-order valence-electron chi connectivity index (χ1n) is 5.19. The van der Waals surface area contributed by atoms with Gasteiger partial charge in [-0.15, -0.1) is 0 Å². The van der Waals surface area contributed by atoms with E-state index in [1.165, 1.54) is 11.1 Å². The van der Waals surface area contributed by atoms with Crippen molar-refractivity contribution in [3.05, 3.63) is 29.3 Å². The lowest BCUT2D eigenvalue weighted by Gasteiger charge is -2.25. The number of nitrogens with one attached hydrogen (secondary N) is 1. The Bertz CT molecular complexity index is 348. The van der Waals surface area contributed by atoms with Crippen LogP contribution in [0.4, 0.5) is 0 Å². The zero-order valence-electron chi connectivity index (χ0n) is 8.82. The maximum Gasteiger partial charge on any atom is 0.207 e. The molecule has 0 heterocycles. The largest absolute Gasteiger partial charge is 0.496 e. The van der Waals surface area contributed by atoms with Crippen molar-refractivity contribution >= 4 is 6.41 Å². The van der Waals surface area contributed by atoms with Crippen LogP contribution in [0.15, 0.2) is 18.2 Å². The van der Waals surface area contributed by atoms with E-state index in [9.17, 15) is 4.79 Å². The van der Waals surface area contributed by atoms with Crippen LogP contribution in [0.3, 0.4) is 0 Å². The Hall–Kier alpha value is -1.51. The van der Waals surface area contributed by atoms with Crippen molar-refractivity contribution in [2.45, 2.75) is 25.3 Å². The average molecular weight is 205 g/mol. The number of hydrogen-bond acceptors (Lipinski definition) is 2. The quantitative estimate of drug-likeness (QED) is 0.755. The molecule has 1 aliphatic carbocycles. The number of hydrogen-bond donors (Lipinski definition) is 1. The Labute approximate surface area is 89.4 Å². The van der Waals surface area contributed by atoms with Crippen LogP contribution in [-0.4, -0.2) is 19.6 Å². The molecule has 3 nitrogen and oxygen atoms in total. The minimum Gasteiger partial charge on any atom is -0.496 e. The van der Waals surface area contributed by atoms with E-state index in [0.717, 1.165) is 31.4 Å². The SMILES string of the molecule is COc1cccc2c1CC(NC=O)CC2. The smallest absolute Gasteiger partial charge is 0.207 e. The van der Waals surface area contributed by atoms with Crippen molar-refractivity contribution in [3.63, 3.8) is 0 Å². The molecule has 1 atom stereocenters. The summed E-state index contributed by atoms with van der Waals surface area (Å²) in [5.74, 6) is 0.935. The van der Waals surface area contributed by atoms with Gasteiger partial charge in [-0.2, -0.15) is 0 Å². The van der Waals surface area contributed by atoms with Gasteiger partial charge < -0.3 is 10.1 Å². The molecule has 1 unspecified atom stereocenters. The highest BCUT2D eigenvalue weighted by Gasteiger charge is 2.20. The lowest BCUT2D eigenvalue weighted by Crippen LogP contribution is -2.33. The van der Waals surface area contributed by atoms with Crippen LogP contribution in [0.2, 0.25) is 0 Å². The maximum absolute atomic E-state index is 10.4. The van der Waals surface area contributed by atoms with Gasteiger partial charge in [0.1, 0.15) is 5.75 Å². The van der Waals surface area contributed by atoms with Crippen molar-refractivity contribution in [1.29, 1.82) is 0 Å². The van der Waals surface area contributed by atoms with Gasteiger partial charge in [-0.3, -0.25) is 4.79 Å². The fourth-order valence-corrected chi connectivity index (χ4v) is 2.18. The van der Waals surface area contributed by atoms with Gasteiger partial charge in [0.25, 0.3) is 0 Å². The van der Waals surface area contributed by atoms with E-state index in [2.05, 4.69) is 11.4 Å². The Morgan fingerprint density at radius 2 is 2.40 bits per heavy atom. The van der Waals surface area contributed by atoms with Gasteiger partial charge in [-0.25, -0.2) is 0 Å². The van der Waals surface area contributed by atoms with Crippen LogP contribution in [0.25, 0.3) is 0 Å². The number of aryl methyl sites for hydroxylation is 1. The predicted octanol–water partition coefficient (Wildman–Crippen LogP) is 1.30. The maximum atomic E-state index is 10.4. The molecule has 1 aromatic carbocycles. The third-order valence-corrected chi connectivity index (χ3v) is 2.97. The summed E-state index contributed by atoms with van der Waals surface area (Å²) in [7, 11) is 1.69. The monoisotopic (exact) mass is 205 g/mol. The highest BCUT2D eigenvalue weighted by molar-refractivity contribution is 5.48. The van der Waals surface area contributed by atoms with Crippen LogP contribution >= 0.6 is 0 Å². The molecule has 15 heavy (non-hydrogen) atoms. The van der Waals surface area contributed by atoms with Gasteiger partial charge in [-0.05, 0) is 36.5 Å². The first-order chi connectivity index (χ1) is 7.35. The number of ether oxygens (including phenoxy) is 1. The van der Waals surface area contributed by atoms with Gasteiger partial charge >= 0.3 is 0 Å². The molecule has 1 aliphatic rings. The van der Waals surface area contributed by atoms with Gasteiger partial charge in [0.05, 0.1) is 7.11 Å². The van der Waals surface area contributed by atoms with Crippen molar-refractivity contribution in [1.82, 2.24) is 5.32 Å². The van der Waals surface area contributed by atoms with E-state index >= 15 is 0 Å². The molecule has 3 heteroatoms. The van der Waals surface area contributed by atoms with E-state index in [-0.39, 0.29) is 6.04 Å². The molecular formula is C12H15NO2. The topological polar surface area (TPSA) is 38.3 Å². The predicted molar refractivity (Wildman–Crippen MR) is 58.0 cm³/mol. The van der Waals surface area contributed by atoms with Crippen molar-refractivity contribution in [3.8, 4) is 5.75 Å². The summed E-state index contributed by atoms with van der Waals surface area (Å²) in [5.41, 5.74) is 2.59. The fraction of sp³-hybridized carbons (Fsp3) is 0.417. The normalized spacial score (nSPS) is 19.1. The summed E-state index contributed by atoms with van der Waals surface area (Å²) in [4.78, 5) is 10.4. The third kappa shape index (κ3) is 1.96. The van der Waals surface area contributed by atoms with E-state index in [4.69, 9.17) is 4.74 Å². The molecule has 1 aromatic rings. The second-order valence-corrected chi connectivity index (χ2v) is 3.82. The molecule has 0 aromatic heterocycles. The molecule has 0 saturated heterocycles. The minimum atomic E-state index is 0.256. The second-order valence-electron chi connectivity index (χ2n) is 3.82. The first kappa shape index (κ1) is 10.0. The Kier molecular flexibility index (Phi) is 2.90. The summed E-state index contributed by atoms with van der Waals surface area (Å²) in [5, 5.41) is 2.84. The first-order valence-corrected chi connectivity index (χ1v) is 5.19. The number of rotatable bonds is 3. The molecule has 80 valence electrons. The van der Waals surface area contributed by atoms with Crippen LogP contribution in [0, 0.1) is 0 Å². The lowest BCUT2D eigenvalue weighted by atomic mass is 9.88. The number of fused-ring (bicyclic) bond motifs is 1. The van der Waals surface area contributed by atoms with E-state index in [1.54, 1.807) is 7.11 Å². The van der Waals surface area contributed by atoms with Gasteiger partial charge in [0.2, 0.25) is 6.41 Å². The summed E-state index contributed by atoms with van der Waals surface area (Å²) >= 11 is 0. The summed E-state index contributed by atoms with van der Waals surface area (Å²) in [6.07, 6.45) is 3.68. The summed E-state index contributed by atoms with van der Waals surface area (Å²) in [6.45, 7) is 0. The summed E-state index contributed by atoms with van der Waals surface area (Å²) in [6, 6.07) is 6.38. The minimum absolute atomic E-state index is 0.256. The Balaban J connectivity index is 2.26. The Morgan fingerprint density at radius 1 is 1.53 bits per heavy atom. The molecule has 0 bridgehead atoms. The van der Waals surface area contributed by atoms with Gasteiger partial charge in [0.15, 0.2) is 0 Å². The number of amides is 1. The highest BCUT2D eigenvalue weighted by Crippen LogP contribution is 2.29. The molecule has 0 fully saturated rings. The van der Waals surface area contributed by atoms with Crippen molar-refractivity contribution in [2.24, 2.45) is 0 Å². The van der Waals surface area contributed by atoms with Crippen molar-refractivity contribution in [2.75, 3.05) is 7.11 Å². The molecule has 0 radical (unpaired) electrons. The number of carbonyl (C=O) groups excluding carboxylic acids is 1. The average Bonchev–Trinajstić information content (AvgIpc) is 2.28.